The largest absolute Gasteiger partial charge is 0.330 e. The van der Waals surface area contributed by atoms with Crippen LogP contribution in [0.25, 0.3) is 0 Å². The zero-order chi connectivity index (χ0) is 11.3. The first-order chi connectivity index (χ1) is 7.13. The lowest BCUT2D eigenvalue weighted by molar-refractivity contribution is 0.320. The van der Waals surface area contributed by atoms with E-state index in [2.05, 4.69) is 45.0 Å². The van der Waals surface area contributed by atoms with Crippen molar-refractivity contribution in [2.24, 2.45) is 11.1 Å². The van der Waals surface area contributed by atoms with Crippen LogP contribution in [-0.4, -0.2) is 6.54 Å². The van der Waals surface area contributed by atoms with Crippen molar-refractivity contribution in [2.75, 3.05) is 6.54 Å². The number of rotatable bonds is 5. The van der Waals surface area contributed by atoms with E-state index in [-0.39, 0.29) is 5.41 Å². The van der Waals surface area contributed by atoms with Crippen LogP contribution in [0.2, 0.25) is 0 Å². The molecule has 0 aliphatic carbocycles. The minimum absolute atomic E-state index is 0.258. The SMILES string of the molecule is CCc1ccc(CC(C)(CC)CN)cc1. The summed E-state index contributed by atoms with van der Waals surface area (Å²) in [7, 11) is 0. The second-order valence-electron chi connectivity index (χ2n) is 4.72. The molecule has 0 bridgehead atoms. The molecule has 0 aromatic heterocycles. The maximum atomic E-state index is 5.82. The Balaban J connectivity index is 2.71. The van der Waals surface area contributed by atoms with E-state index in [4.69, 9.17) is 5.73 Å². The van der Waals surface area contributed by atoms with Gasteiger partial charge in [-0.3, -0.25) is 0 Å². The molecule has 0 radical (unpaired) electrons. The van der Waals surface area contributed by atoms with E-state index in [0.29, 0.717) is 0 Å². The van der Waals surface area contributed by atoms with Crippen LogP contribution in [-0.2, 0) is 12.8 Å². The van der Waals surface area contributed by atoms with Crippen LogP contribution >= 0.6 is 0 Å². The van der Waals surface area contributed by atoms with Gasteiger partial charge < -0.3 is 5.73 Å². The van der Waals surface area contributed by atoms with Crippen molar-refractivity contribution in [3.63, 3.8) is 0 Å². The maximum Gasteiger partial charge on any atom is -0.00201 e. The van der Waals surface area contributed by atoms with Gasteiger partial charge in [-0.25, -0.2) is 0 Å². The average Bonchev–Trinajstić information content (AvgIpc) is 2.30. The van der Waals surface area contributed by atoms with Crippen molar-refractivity contribution in [3.05, 3.63) is 35.4 Å². The fraction of sp³-hybridized carbons (Fsp3) is 0.571. The number of nitrogens with two attached hydrogens (primary N) is 1. The molecular formula is C14H23N. The van der Waals surface area contributed by atoms with Crippen molar-refractivity contribution >= 4 is 0 Å². The second kappa shape index (κ2) is 5.32. The monoisotopic (exact) mass is 205 g/mol. The quantitative estimate of drug-likeness (QED) is 0.785. The standard InChI is InChI=1S/C14H23N/c1-4-12-6-8-13(9-7-12)10-14(3,5-2)11-15/h6-9H,4-5,10-11,15H2,1-3H3. The lowest BCUT2D eigenvalue weighted by Gasteiger charge is -2.26. The van der Waals surface area contributed by atoms with Gasteiger partial charge in [0.05, 0.1) is 0 Å². The summed E-state index contributed by atoms with van der Waals surface area (Å²) >= 11 is 0. The van der Waals surface area contributed by atoms with E-state index in [1.165, 1.54) is 11.1 Å². The van der Waals surface area contributed by atoms with E-state index in [1.807, 2.05) is 0 Å². The molecule has 2 N–H and O–H groups in total. The Labute approximate surface area is 93.7 Å². The number of benzene rings is 1. The average molecular weight is 205 g/mol. The minimum atomic E-state index is 0.258. The molecule has 0 spiro atoms. The van der Waals surface area contributed by atoms with Crippen molar-refractivity contribution in [2.45, 2.75) is 40.0 Å². The summed E-state index contributed by atoms with van der Waals surface area (Å²) in [6.07, 6.45) is 3.34. The van der Waals surface area contributed by atoms with Gasteiger partial charge in [0.1, 0.15) is 0 Å². The van der Waals surface area contributed by atoms with E-state index < -0.39 is 0 Å². The van der Waals surface area contributed by atoms with Gasteiger partial charge in [-0.15, -0.1) is 0 Å². The third-order valence-electron chi connectivity index (χ3n) is 3.41. The highest BCUT2D eigenvalue weighted by Gasteiger charge is 2.20. The molecule has 1 aromatic rings. The summed E-state index contributed by atoms with van der Waals surface area (Å²) in [4.78, 5) is 0. The van der Waals surface area contributed by atoms with E-state index >= 15 is 0 Å². The van der Waals surface area contributed by atoms with Gasteiger partial charge in [-0.05, 0) is 42.3 Å². The molecule has 84 valence electrons. The fourth-order valence-corrected chi connectivity index (χ4v) is 1.73. The smallest absolute Gasteiger partial charge is 0.00201 e. The summed E-state index contributed by atoms with van der Waals surface area (Å²) in [6.45, 7) is 7.43. The summed E-state index contributed by atoms with van der Waals surface area (Å²) in [5.41, 5.74) is 8.89. The van der Waals surface area contributed by atoms with Crippen LogP contribution in [0.15, 0.2) is 24.3 Å². The Kier molecular flexibility index (Phi) is 4.34. The van der Waals surface area contributed by atoms with Crippen molar-refractivity contribution < 1.29 is 0 Å². The summed E-state index contributed by atoms with van der Waals surface area (Å²) in [6, 6.07) is 8.93. The molecule has 1 unspecified atom stereocenters. The lowest BCUT2D eigenvalue weighted by atomic mass is 9.81. The Morgan fingerprint density at radius 2 is 1.60 bits per heavy atom. The Morgan fingerprint density at radius 1 is 1.07 bits per heavy atom. The van der Waals surface area contributed by atoms with Gasteiger partial charge in [0.15, 0.2) is 0 Å². The zero-order valence-corrected chi connectivity index (χ0v) is 10.2. The molecule has 1 rings (SSSR count). The number of hydrogen-bond donors (Lipinski definition) is 1. The number of aryl methyl sites for hydroxylation is 1. The van der Waals surface area contributed by atoms with E-state index in [1.54, 1.807) is 0 Å². The maximum absolute atomic E-state index is 5.82. The summed E-state index contributed by atoms with van der Waals surface area (Å²) in [5.74, 6) is 0. The first kappa shape index (κ1) is 12.3. The van der Waals surface area contributed by atoms with Crippen LogP contribution in [0.1, 0.15) is 38.3 Å². The van der Waals surface area contributed by atoms with Crippen LogP contribution in [0.5, 0.6) is 0 Å². The first-order valence-electron chi connectivity index (χ1n) is 5.91. The predicted molar refractivity (Wildman–Crippen MR) is 67.0 cm³/mol. The molecule has 0 aliphatic heterocycles. The van der Waals surface area contributed by atoms with Crippen molar-refractivity contribution in [1.82, 2.24) is 0 Å². The van der Waals surface area contributed by atoms with Gasteiger partial charge >= 0.3 is 0 Å². The van der Waals surface area contributed by atoms with Gasteiger partial charge in [0.25, 0.3) is 0 Å². The van der Waals surface area contributed by atoms with Crippen LogP contribution in [0, 0.1) is 5.41 Å². The molecule has 1 heteroatoms. The molecule has 0 heterocycles. The third-order valence-corrected chi connectivity index (χ3v) is 3.41. The van der Waals surface area contributed by atoms with E-state index in [0.717, 1.165) is 25.8 Å². The molecule has 1 atom stereocenters. The normalized spacial score (nSPS) is 14.9. The van der Waals surface area contributed by atoms with Crippen LogP contribution in [0.3, 0.4) is 0 Å². The topological polar surface area (TPSA) is 26.0 Å². The first-order valence-corrected chi connectivity index (χ1v) is 5.91. The predicted octanol–water partition coefficient (Wildman–Crippen LogP) is 3.17. The van der Waals surface area contributed by atoms with Gasteiger partial charge in [0.2, 0.25) is 0 Å². The molecule has 0 fully saturated rings. The van der Waals surface area contributed by atoms with Gasteiger partial charge in [0, 0.05) is 0 Å². The van der Waals surface area contributed by atoms with Crippen molar-refractivity contribution in [3.8, 4) is 0 Å². The molecule has 15 heavy (non-hydrogen) atoms. The third kappa shape index (κ3) is 3.35. The molecule has 0 saturated heterocycles. The zero-order valence-electron chi connectivity index (χ0n) is 10.2. The van der Waals surface area contributed by atoms with Gasteiger partial charge in [-0.1, -0.05) is 45.0 Å². The minimum Gasteiger partial charge on any atom is -0.330 e. The summed E-state index contributed by atoms with van der Waals surface area (Å²) in [5, 5.41) is 0. The van der Waals surface area contributed by atoms with Crippen LogP contribution in [0.4, 0.5) is 0 Å². The highest BCUT2D eigenvalue weighted by Crippen LogP contribution is 2.25. The Hall–Kier alpha value is -0.820. The van der Waals surface area contributed by atoms with Gasteiger partial charge in [-0.2, -0.15) is 0 Å². The van der Waals surface area contributed by atoms with E-state index in [9.17, 15) is 0 Å². The summed E-state index contributed by atoms with van der Waals surface area (Å²) < 4.78 is 0. The number of hydrogen-bond acceptors (Lipinski definition) is 1. The van der Waals surface area contributed by atoms with Crippen molar-refractivity contribution in [1.29, 1.82) is 0 Å². The Bertz CT molecular complexity index is 283. The Morgan fingerprint density at radius 3 is 2.00 bits per heavy atom. The molecule has 0 amide bonds. The van der Waals surface area contributed by atoms with Crippen LogP contribution < -0.4 is 5.73 Å². The highest BCUT2D eigenvalue weighted by molar-refractivity contribution is 5.23. The molecule has 0 aliphatic rings. The molecule has 0 saturated carbocycles. The highest BCUT2D eigenvalue weighted by atomic mass is 14.6. The fourth-order valence-electron chi connectivity index (χ4n) is 1.73. The second-order valence-corrected chi connectivity index (χ2v) is 4.72. The molecule has 1 aromatic carbocycles. The lowest BCUT2D eigenvalue weighted by Crippen LogP contribution is -2.28. The molecule has 1 nitrogen and oxygen atoms in total. The molecular weight excluding hydrogens is 182 g/mol.